The second-order valence-corrected chi connectivity index (χ2v) is 5.16. The molecule has 0 bridgehead atoms. The van der Waals surface area contributed by atoms with Crippen LogP contribution in [0.2, 0.25) is 0 Å². The van der Waals surface area contributed by atoms with E-state index < -0.39 is 4.92 Å². The second kappa shape index (κ2) is 8.59. The molecule has 7 nitrogen and oxygen atoms in total. The van der Waals surface area contributed by atoms with Crippen molar-refractivity contribution >= 4 is 29.2 Å². The van der Waals surface area contributed by atoms with E-state index in [4.69, 9.17) is 17.0 Å². The standard InChI is InChI=1S/C16H16N4O3S/c1-23-15-8-4-12(5-9-15)10-17-16(24)19-18-11-13-2-6-14(7-3-13)20(21)22/h2-9,11H,10H2,1H3,(H2,17,19,24)/b18-11-. The lowest BCUT2D eigenvalue weighted by Crippen LogP contribution is -2.31. The number of thiocarbonyl (C=S) groups is 1. The van der Waals surface area contributed by atoms with E-state index in [2.05, 4.69) is 15.8 Å². The molecule has 0 aliphatic carbocycles. The fraction of sp³-hybridized carbons (Fsp3) is 0.125. The average molecular weight is 344 g/mol. The molecule has 0 spiro atoms. The number of benzene rings is 2. The van der Waals surface area contributed by atoms with Crippen molar-refractivity contribution in [3.8, 4) is 5.75 Å². The lowest BCUT2D eigenvalue weighted by Gasteiger charge is -2.07. The monoisotopic (exact) mass is 344 g/mol. The third kappa shape index (κ3) is 5.33. The van der Waals surface area contributed by atoms with Gasteiger partial charge in [-0.25, -0.2) is 0 Å². The zero-order valence-corrected chi connectivity index (χ0v) is 13.7. The van der Waals surface area contributed by atoms with E-state index in [1.54, 1.807) is 19.2 Å². The van der Waals surface area contributed by atoms with Crippen molar-refractivity contribution in [1.82, 2.24) is 10.7 Å². The normalized spacial score (nSPS) is 10.4. The average Bonchev–Trinajstić information content (AvgIpc) is 2.61. The molecule has 2 rings (SSSR count). The molecule has 2 aromatic rings. The zero-order chi connectivity index (χ0) is 17.4. The summed E-state index contributed by atoms with van der Waals surface area (Å²) < 4.78 is 5.10. The number of nitro benzene ring substituents is 1. The number of hydrazone groups is 1. The van der Waals surface area contributed by atoms with Gasteiger partial charge in [0, 0.05) is 18.7 Å². The molecule has 0 heterocycles. The Kier molecular flexibility index (Phi) is 6.21. The van der Waals surface area contributed by atoms with Crippen molar-refractivity contribution in [2.75, 3.05) is 7.11 Å². The van der Waals surface area contributed by atoms with Gasteiger partial charge in [0.25, 0.3) is 5.69 Å². The lowest BCUT2D eigenvalue weighted by atomic mass is 10.2. The number of nitrogens with zero attached hydrogens (tertiary/aromatic N) is 2. The van der Waals surface area contributed by atoms with Crippen LogP contribution < -0.4 is 15.5 Å². The Balaban J connectivity index is 1.78. The Bertz CT molecular complexity index is 730. The van der Waals surface area contributed by atoms with Gasteiger partial charge in [0.2, 0.25) is 0 Å². The first-order chi connectivity index (χ1) is 11.6. The summed E-state index contributed by atoms with van der Waals surface area (Å²) in [6.45, 7) is 0.558. The molecule has 0 aliphatic heterocycles. The van der Waals surface area contributed by atoms with E-state index in [1.165, 1.54) is 18.3 Å². The molecule has 124 valence electrons. The van der Waals surface area contributed by atoms with Gasteiger partial charge in [0.1, 0.15) is 5.75 Å². The first-order valence-electron chi connectivity index (χ1n) is 7.03. The molecule has 0 amide bonds. The minimum atomic E-state index is -0.447. The van der Waals surface area contributed by atoms with Crippen LogP contribution in [0.5, 0.6) is 5.75 Å². The molecular formula is C16H16N4O3S. The van der Waals surface area contributed by atoms with E-state index in [9.17, 15) is 10.1 Å². The Labute approximate surface area is 144 Å². The fourth-order valence-electron chi connectivity index (χ4n) is 1.81. The molecule has 0 aliphatic rings. The molecule has 2 aromatic carbocycles. The third-order valence-electron chi connectivity index (χ3n) is 3.10. The summed E-state index contributed by atoms with van der Waals surface area (Å²) in [6, 6.07) is 13.7. The minimum Gasteiger partial charge on any atom is -0.497 e. The third-order valence-corrected chi connectivity index (χ3v) is 3.33. The lowest BCUT2D eigenvalue weighted by molar-refractivity contribution is -0.384. The molecule has 0 atom stereocenters. The molecule has 0 saturated heterocycles. The summed E-state index contributed by atoms with van der Waals surface area (Å²) in [4.78, 5) is 10.1. The number of ether oxygens (including phenoxy) is 1. The van der Waals surface area contributed by atoms with Crippen molar-refractivity contribution in [3.63, 3.8) is 0 Å². The van der Waals surface area contributed by atoms with Crippen LogP contribution in [0.1, 0.15) is 11.1 Å². The van der Waals surface area contributed by atoms with Gasteiger partial charge in [0.15, 0.2) is 5.11 Å². The Morgan fingerprint density at radius 2 is 1.92 bits per heavy atom. The van der Waals surface area contributed by atoms with Crippen molar-refractivity contribution in [2.45, 2.75) is 6.54 Å². The second-order valence-electron chi connectivity index (χ2n) is 4.75. The van der Waals surface area contributed by atoms with Gasteiger partial charge < -0.3 is 10.1 Å². The predicted octanol–water partition coefficient (Wildman–Crippen LogP) is 2.60. The van der Waals surface area contributed by atoms with E-state index >= 15 is 0 Å². The SMILES string of the molecule is COc1ccc(CNC(=S)N/N=C\c2ccc([N+](=O)[O-])cc2)cc1. The number of rotatable bonds is 6. The van der Waals surface area contributed by atoms with Crippen molar-refractivity contribution in [3.05, 3.63) is 69.8 Å². The van der Waals surface area contributed by atoms with Crippen LogP contribution in [-0.2, 0) is 6.54 Å². The van der Waals surface area contributed by atoms with E-state index in [1.807, 2.05) is 24.3 Å². The summed E-state index contributed by atoms with van der Waals surface area (Å²) in [5, 5.41) is 18.0. The van der Waals surface area contributed by atoms with Crippen LogP contribution in [0.4, 0.5) is 5.69 Å². The summed E-state index contributed by atoms with van der Waals surface area (Å²) in [5.74, 6) is 0.798. The molecular weight excluding hydrogens is 328 g/mol. The van der Waals surface area contributed by atoms with Crippen LogP contribution in [0, 0.1) is 10.1 Å². The van der Waals surface area contributed by atoms with E-state index in [0.29, 0.717) is 11.7 Å². The minimum absolute atomic E-state index is 0.0387. The van der Waals surface area contributed by atoms with Gasteiger partial charge in [-0.2, -0.15) is 5.10 Å². The van der Waals surface area contributed by atoms with Gasteiger partial charge in [0.05, 0.1) is 18.2 Å². The molecule has 0 fully saturated rings. The van der Waals surface area contributed by atoms with Crippen LogP contribution in [0.25, 0.3) is 0 Å². The summed E-state index contributed by atoms with van der Waals surface area (Å²) >= 11 is 5.12. The van der Waals surface area contributed by atoms with E-state index in [-0.39, 0.29) is 5.69 Å². The maximum Gasteiger partial charge on any atom is 0.269 e. The summed E-state index contributed by atoms with van der Waals surface area (Å²) in [7, 11) is 1.62. The highest BCUT2D eigenvalue weighted by atomic mass is 32.1. The highest BCUT2D eigenvalue weighted by molar-refractivity contribution is 7.80. The number of methoxy groups -OCH3 is 1. The number of hydrogen-bond acceptors (Lipinski definition) is 5. The zero-order valence-electron chi connectivity index (χ0n) is 12.9. The number of nitro groups is 1. The van der Waals surface area contributed by atoms with Crippen molar-refractivity contribution < 1.29 is 9.66 Å². The highest BCUT2D eigenvalue weighted by Crippen LogP contribution is 2.11. The van der Waals surface area contributed by atoms with Crippen LogP contribution >= 0.6 is 12.2 Å². The highest BCUT2D eigenvalue weighted by Gasteiger charge is 2.02. The maximum absolute atomic E-state index is 10.6. The molecule has 0 aromatic heterocycles. The quantitative estimate of drug-likeness (QED) is 0.362. The fourth-order valence-corrected chi connectivity index (χ4v) is 1.94. The summed E-state index contributed by atoms with van der Waals surface area (Å²) in [5.41, 5.74) is 4.51. The summed E-state index contributed by atoms with van der Waals surface area (Å²) in [6.07, 6.45) is 1.53. The predicted molar refractivity (Wildman–Crippen MR) is 96.3 cm³/mol. The first-order valence-corrected chi connectivity index (χ1v) is 7.43. The Morgan fingerprint density at radius 1 is 1.25 bits per heavy atom. The Morgan fingerprint density at radius 3 is 2.50 bits per heavy atom. The molecule has 24 heavy (non-hydrogen) atoms. The van der Waals surface area contributed by atoms with E-state index in [0.717, 1.165) is 16.9 Å². The largest absolute Gasteiger partial charge is 0.497 e. The van der Waals surface area contributed by atoms with Gasteiger partial charge in [-0.05, 0) is 47.6 Å². The van der Waals surface area contributed by atoms with Crippen LogP contribution in [-0.4, -0.2) is 23.4 Å². The molecule has 0 saturated carbocycles. The van der Waals surface area contributed by atoms with Crippen LogP contribution in [0.15, 0.2) is 53.6 Å². The van der Waals surface area contributed by atoms with Gasteiger partial charge >= 0.3 is 0 Å². The number of non-ortho nitro benzene ring substituents is 1. The topological polar surface area (TPSA) is 88.8 Å². The molecule has 2 N–H and O–H groups in total. The molecule has 0 radical (unpaired) electrons. The smallest absolute Gasteiger partial charge is 0.269 e. The molecule has 0 unspecified atom stereocenters. The van der Waals surface area contributed by atoms with Gasteiger partial charge in [-0.1, -0.05) is 12.1 Å². The first kappa shape index (κ1) is 17.4. The number of nitrogens with one attached hydrogen (secondary N) is 2. The number of hydrogen-bond donors (Lipinski definition) is 2. The Hall–Kier alpha value is -3.00. The van der Waals surface area contributed by atoms with Gasteiger partial charge in [-0.15, -0.1) is 0 Å². The van der Waals surface area contributed by atoms with Gasteiger partial charge in [-0.3, -0.25) is 15.5 Å². The van der Waals surface area contributed by atoms with Crippen molar-refractivity contribution in [1.29, 1.82) is 0 Å². The van der Waals surface area contributed by atoms with Crippen molar-refractivity contribution in [2.24, 2.45) is 5.10 Å². The maximum atomic E-state index is 10.6. The van der Waals surface area contributed by atoms with Crippen LogP contribution in [0.3, 0.4) is 0 Å². The molecule has 8 heteroatoms.